The second-order valence-electron chi connectivity index (χ2n) is 8.81. The van der Waals surface area contributed by atoms with E-state index in [1.807, 2.05) is 13.8 Å². The van der Waals surface area contributed by atoms with E-state index in [1.54, 1.807) is 19.1 Å². The summed E-state index contributed by atoms with van der Waals surface area (Å²) in [6.45, 7) is 6.56. The van der Waals surface area contributed by atoms with Gasteiger partial charge in [-0.2, -0.15) is 0 Å². The standard InChI is InChI=1S/C23H29N3O6/c1-4-32-22(28)21-17(13-31-10-9-24)25-16-11-23(2,3)12-18(27)20(16)19(21)14-5-7-15(8-6-14)26(29)30/h5-8,19-20H,4,9-13,24H2,1-3H3. The molecule has 3 rings (SSSR count). The van der Waals surface area contributed by atoms with Gasteiger partial charge in [-0.25, -0.2) is 4.79 Å². The summed E-state index contributed by atoms with van der Waals surface area (Å²) in [5.74, 6) is -1.85. The minimum absolute atomic E-state index is 0.00734. The Morgan fingerprint density at radius 3 is 2.53 bits per heavy atom. The van der Waals surface area contributed by atoms with E-state index >= 15 is 0 Å². The van der Waals surface area contributed by atoms with Crippen LogP contribution in [0.25, 0.3) is 0 Å². The zero-order valence-electron chi connectivity index (χ0n) is 18.6. The average Bonchev–Trinajstić information content (AvgIpc) is 2.72. The van der Waals surface area contributed by atoms with Crippen LogP contribution in [0.2, 0.25) is 0 Å². The number of carbonyl (C=O) groups excluding carboxylic acids is 2. The molecule has 172 valence electrons. The third-order valence-corrected chi connectivity index (χ3v) is 5.71. The lowest BCUT2D eigenvalue weighted by molar-refractivity contribution is -0.384. The summed E-state index contributed by atoms with van der Waals surface area (Å²) in [5.41, 5.74) is 7.22. The van der Waals surface area contributed by atoms with Gasteiger partial charge in [0.05, 0.1) is 41.9 Å². The lowest BCUT2D eigenvalue weighted by atomic mass is 9.63. The zero-order chi connectivity index (χ0) is 23.5. The van der Waals surface area contributed by atoms with Crippen molar-refractivity contribution in [3.05, 3.63) is 51.2 Å². The van der Waals surface area contributed by atoms with Crippen molar-refractivity contribution in [2.45, 2.75) is 39.5 Å². The number of aliphatic imine (C=N–C) groups is 1. The molecule has 1 aliphatic heterocycles. The third-order valence-electron chi connectivity index (χ3n) is 5.71. The van der Waals surface area contributed by atoms with E-state index in [-0.39, 0.29) is 35.7 Å². The molecule has 2 atom stereocenters. The van der Waals surface area contributed by atoms with Gasteiger partial charge in [-0.1, -0.05) is 26.0 Å². The highest BCUT2D eigenvalue weighted by atomic mass is 16.6. The quantitative estimate of drug-likeness (QED) is 0.282. The fourth-order valence-corrected chi connectivity index (χ4v) is 4.48. The largest absolute Gasteiger partial charge is 0.463 e. The summed E-state index contributed by atoms with van der Waals surface area (Å²) in [6, 6.07) is 5.95. The molecule has 0 saturated heterocycles. The highest BCUT2D eigenvalue weighted by molar-refractivity contribution is 6.12. The van der Waals surface area contributed by atoms with E-state index in [9.17, 15) is 19.7 Å². The number of nitro benzene ring substituents is 1. The van der Waals surface area contributed by atoms with Crippen molar-refractivity contribution in [1.29, 1.82) is 0 Å². The van der Waals surface area contributed by atoms with Crippen molar-refractivity contribution in [3.8, 4) is 0 Å². The topological polar surface area (TPSA) is 134 Å². The normalized spacial score (nSPS) is 22.2. The molecule has 1 fully saturated rings. The van der Waals surface area contributed by atoms with Crippen LogP contribution in [0.3, 0.4) is 0 Å². The van der Waals surface area contributed by atoms with Crippen LogP contribution in [0.4, 0.5) is 5.69 Å². The van der Waals surface area contributed by atoms with Crippen molar-refractivity contribution in [2.24, 2.45) is 22.1 Å². The SMILES string of the molecule is CCOC(=O)C1=C(COCCN)N=C2CC(C)(C)CC(=O)C2C1c1ccc([N+](=O)[O-])cc1. The Morgan fingerprint density at radius 1 is 1.25 bits per heavy atom. The second-order valence-corrected chi connectivity index (χ2v) is 8.81. The lowest BCUT2D eigenvalue weighted by Gasteiger charge is -2.41. The first kappa shape index (κ1) is 23.7. The molecular weight excluding hydrogens is 414 g/mol. The predicted octanol–water partition coefficient (Wildman–Crippen LogP) is 2.93. The number of nitrogens with zero attached hydrogens (tertiary/aromatic N) is 2. The summed E-state index contributed by atoms with van der Waals surface area (Å²) >= 11 is 0. The van der Waals surface area contributed by atoms with E-state index in [0.29, 0.717) is 43.0 Å². The summed E-state index contributed by atoms with van der Waals surface area (Å²) in [5, 5.41) is 11.1. The van der Waals surface area contributed by atoms with Crippen molar-refractivity contribution < 1.29 is 24.0 Å². The fourth-order valence-electron chi connectivity index (χ4n) is 4.48. The minimum atomic E-state index is -0.651. The van der Waals surface area contributed by atoms with Gasteiger partial charge in [0, 0.05) is 36.7 Å². The Kier molecular flexibility index (Phi) is 7.20. The maximum Gasteiger partial charge on any atom is 0.336 e. The zero-order valence-corrected chi connectivity index (χ0v) is 18.6. The predicted molar refractivity (Wildman–Crippen MR) is 118 cm³/mol. The van der Waals surface area contributed by atoms with Crippen LogP contribution >= 0.6 is 0 Å². The lowest BCUT2D eigenvalue weighted by Crippen LogP contribution is -2.44. The number of hydrogen-bond donors (Lipinski definition) is 1. The molecule has 2 unspecified atom stereocenters. The Balaban J connectivity index is 2.17. The number of hydrogen-bond acceptors (Lipinski definition) is 8. The molecule has 0 radical (unpaired) electrons. The van der Waals surface area contributed by atoms with Crippen molar-refractivity contribution in [3.63, 3.8) is 0 Å². The molecule has 1 heterocycles. The number of ketones is 1. The highest BCUT2D eigenvalue weighted by Gasteiger charge is 2.48. The molecule has 1 saturated carbocycles. The maximum atomic E-state index is 13.3. The van der Waals surface area contributed by atoms with Crippen LogP contribution in [-0.2, 0) is 19.1 Å². The molecule has 1 aliphatic carbocycles. The van der Waals surface area contributed by atoms with Crippen molar-refractivity contribution in [2.75, 3.05) is 26.4 Å². The van der Waals surface area contributed by atoms with E-state index in [1.165, 1.54) is 12.1 Å². The van der Waals surface area contributed by atoms with Crippen LogP contribution < -0.4 is 5.73 Å². The van der Waals surface area contributed by atoms with Crippen LogP contribution in [0.15, 0.2) is 40.5 Å². The molecule has 9 heteroatoms. The Labute approximate surface area is 186 Å². The van der Waals surface area contributed by atoms with Gasteiger partial charge in [0.25, 0.3) is 5.69 Å². The number of non-ortho nitro benzene ring substituents is 1. The summed E-state index contributed by atoms with van der Waals surface area (Å²) < 4.78 is 10.9. The van der Waals surface area contributed by atoms with Gasteiger partial charge in [-0.3, -0.25) is 19.9 Å². The first-order valence-electron chi connectivity index (χ1n) is 10.7. The second kappa shape index (κ2) is 9.70. The summed E-state index contributed by atoms with van der Waals surface area (Å²) in [6.07, 6.45) is 0.957. The van der Waals surface area contributed by atoms with Gasteiger partial charge in [0.2, 0.25) is 0 Å². The third kappa shape index (κ3) is 4.94. The number of carbonyl (C=O) groups is 2. The van der Waals surface area contributed by atoms with Crippen LogP contribution in [0.5, 0.6) is 0 Å². The van der Waals surface area contributed by atoms with Gasteiger partial charge >= 0.3 is 5.97 Å². The number of Topliss-reactive ketones (excluding diaryl/α,β-unsaturated/α-hetero) is 1. The van der Waals surface area contributed by atoms with E-state index < -0.39 is 22.7 Å². The molecule has 2 N–H and O–H groups in total. The van der Waals surface area contributed by atoms with Gasteiger partial charge in [0.1, 0.15) is 5.78 Å². The maximum absolute atomic E-state index is 13.3. The van der Waals surface area contributed by atoms with Crippen molar-refractivity contribution >= 4 is 23.2 Å². The number of rotatable bonds is 8. The first-order valence-corrected chi connectivity index (χ1v) is 10.7. The molecule has 2 aliphatic rings. The number of fused-ring (bicyclic) bond motifs is 1. The average molecular weight is 444 g/mol. The number of benzene rings is 1. The monoisotopic (exact) mass is 443 g/mol. The number of esters is 1. The summed E-state index contributed by atoms with van der Waals surface area (Å²) in [7, 11) is 0. The van der Waals surface area contributed by atoms with Gasteiger partial charge < -0.3 is 15.2 Å². The van der Waals surface area contributed by atoms with Crippen LogP contribution in [0, 0.1) is 21.4 Å². The molecule has 1 aromatic carbocycles. The van der Waals surface area contributed by atoms with Crippen molar-refractivity contribution in [1.82, 2.24) is 0 Å². The van der Waals surface area contributed by atoms with Crippen LogP contribution in [-0.4, -0.2) is 48.8 Å². The number of nitro groups is 1. The Morgan fingerprint density at radius 2 is 1.94 bits per heavy atom. The minimum Gasteiger partial charge on any atom is -0.463 e. The molecule has 0 bridgehead atoms. The Hall–Kier alpha value is -2.91. The highest BCUT2D eigenvalue weighted by Crippen LogP contribution is 2.47. The number of ether oxygens (including phenoxy) is 2. The number of nitrogens with two attached hydrogens (primary N) is 1. The van der Waals surface area contributed by atoms with E-state index in [4.69, 9.17) is 20.2 Å². The molecule has 1 aromatic rings. The summed E-state index contributed by atoms with van der Waals surface area (Å²) in [4.78, 5) is 41.7. The Bertz CT molecular complexity index is 964. The van der Waals surface area contributed by atoms with Gasteiger partial charge in [0.15, 0.2) is 0 Å². The van der Waals surface area contributed by atoms with E-state index in [2.05, 4.69) is 0 Å². The first-order chi connectivity index (χ1) is 15.2. The molecule has 0 aromatic heterocycles. The van der Waals surface area contributed by atoms with Crippen LogP contribution in [0.1, 0.15) is 45.1 Å². The molecule has 9 nitrogen and oxygen atoms in total. The molecule has 32 heavy (non-hydrogen) atoms. The van der Waals surface area contributed by atoms with Gasteiger partial charge in [-0.15, -0.1) is 0 Å². The molecule has 0 amide bonds. The molecule has 0 spiro atoms. The fraction of sp³-hybridized carbons (Fsp3) is 0.522. The van der Waals surface area contributed by atoms with E-state index in [0.717, 1.165) is 0 Å². The van der Waals surface area contributed by atoms with Gasteiger partial charge in [-0.05, 0) is 24.3 Å². The smallest absolute Gasteiger partial charge is 0.336 e. The molecular formula is C23H29N3O6.